The number of rotatable bonds is 8. The molecule has 3 amide bonds. The maximum Gasteiger partial charge on any atom is 0.274 e. The number of pyridine rings is 1. The van der Waals surface area contributed by atoms with Crippen molar-refractivity contribution >= 4 is 17.7 Å². The summed E-state index contributed by atoms with van der Waals surface area (Å²) in [6.07, 6.45) is 6.42. The van der Waals surface area contributed by atoms with E-state index in [1.807, 2.05) is 30.3 Å². The number of imidazole rings is 1. The van der Waals surface area contributed by atoms with Gasteiger partial charge in [0, 0.05) is 37.1 Å². The van der Waals surface area contributed by atoms with Gasteiger partial charge in [-0.1, -0.05) is 24.3 Å². The van der Waals surface area contributed by atoms with Gasteiger partial charge in [0.05, 0.1) is 20.0 Å². The summed E-state index contributed by atoms with van der Waals surface area (Å²) in [7, 11) is 1.58. The minimum absolute atomic E-state index is 0.0468. The summed E-state index contributed by atoms with van der Waals surface area (Å²) >= 11 is 0. The number of methoxy groups -OCH3 is 1. The summed E-state index contributed by atoms with van der Waals surface area (Å²) in [5.41, 5.74) is 0.820. The average Bonchev–Trinajstić information content (AvgIpc) is 3.64. The Kier molecular flexibility index (Phi) is 6.17. The van der Waals surface area contributed by atoms with Crippen LogP contribution in [0.3, 0.4) is 0 Å². The molecule has 0 bridgehead atoms. The van der Waals surface area contributed by atoms with E-state index in [-0.39, 0.29) is 48.9 Å². The summed E-state index contributed by atoms with van der Waals surface area (Å²) in [5.74, 6) is -0.389. The number of nitrogens with zero attached hydrogens (tertiary/aromatic N) is 4. The van der Waals surface area contributed by atoms with E-state index < -0.39 is 11.4 Å². The van der Waals surface area contributed by atoms with Crippen molar-refractivity contribution in [3.05, 3.63) is 77.6 Å². The Morgan fingerprint density at radius 3 is 2.67 bits per heavy atom. The normalized spacial score (nSPS) is 18.9. The Morgan fingerprint density at radius 2 is 1.94 bits per heavy atom. The number of hydrogen-bond donors (Lipinski definition) is 2. The molecule has 2 aromatic heterocycles. The molecule has 1 aromatic carbocycles. The van der Waals surface area contributed by atoms with Gasteiger partial charge in [-0.05, 0) is 37.5 Å². The van der Waals surface area contributed by atoms with Crippen LogP contribution in [-0.2, 0) is 24.4 Å². The highest BCUT2D eigenvalue weighted by Crippen LogP contribution is 2.39. The van der Waals surface area contributed by atoms with Crippen LogP contribution in [0, 0.1) is 0 Å². The predicted octanol–water partition coefficient (Wildman–Crippen LogP) is 1.91. The number of fused-ring (bicyclic) bond motifs is 1. The zero-order valence-electron chi connectivity index (χ0n) is 20.2. The van der Waals surface area contributed by atoms with E-state index in [9.17, 15) is 14.4 Å². The topological polar surface area (TPSA) is 118 Å². The van der Waals surface area contributed by atoms with Crippen molar-refractivity contribution in [3.63, 3.8) is 0 Å². The van der Waals surface area contributed by atoms with Crippen LogP contribution in [0.5, 0.6) is 5.75 Å². The van der Waals surface area contributed by atoms with Crippen molar-refractivity contribution in [2.24, 2.45) is 0 Å². The van der Waals surface area contributed by atoms with Crippen molar-refractivity contribution in [2.45, 2.75) is 51.0 Å². The largest absolute Gasteiger partial charge is 0.496 e. The van der Waals surface area contributed by atoms with Gasteiger partial charge in [-0.2, -0.15) is 0 Å². The van der Waals surface area contributed by atoms with Crippen molar-refractivity contribution in [3.8, 4) is 5.75 Å². The lowest BCUT2D eigenvalue weighted by Gasteiger charge is -2.44. The molecule has 2 N–H and O–H groups in total. The Bertz CT molecular complexity index is 1300. The standard InChI is InChI=1S/C26H28N6O4/c1-26(25(35)29-14-18-7-3-4-8-20(18)36-2)15-31-16-30-21(22(31)24(34)32(26)19-9-10-19)23(33)28-13-17-6-5-11-27-12-17/h3-8,11-12,16,19H,9-10,13-15H2,1-2H3,(H,28,33)(H,29,35)/t26-/m1/s1. The van der Waals surface area contributed by atoms with Gasteiger partial charge in [-0.15, -0.1) is 0 Å². The maximum absolute atomic E-state index is 13.7. The molecular weight excluding hydrogens is 460 g/mol. The molecule has 3 aromatic rings. The highest BCUT2D eigenvalue weighted by atomic mass is 16.5. The van der Waals surface area contributed by atoms with E-state index in [1.165, 1.54) is 6.33 Å². The highest BCUT2D eigenvalue weighted by molar-refractivity contribution is 6.07. The SMILES string of the molecule is COc1ccccc1CNC(=O)[C@@]1(C)Cn2cnc(C(=O)NCc3cccnc3)c2C(=O)N1C1CC1. The first-order valence-corrected chi connectivity index (χ1v) is 11.9. The zero-order chi connectivity index (χ0) is 25.3. The molecular formula is C26H28N6O4. The molecule has 1 fully saturated rings. The summed E-state index contributed by atoms with van der Waals surface area (Å²) in [6, 6.07) is 11.1. The predicted molar refractivity (Wildman–Crippen MR) is 130 cm³/mol. The molecule has 1 aliphatic carbocycles. The number of carbonyl (C=O) groups is 3. The van der Waals surface area contributed by atoms with Crippen LogP contribution >= 0.6 is 0 Å². The van der Waals surface area contributed by atoms with Crippen LogP contribution in [0.1, 0.15) is 51.9 Å². The summed E-state index contributed by atoms with van der Waals surface area (Å²) in [6.45, 7) is 2.50. The quantitative estimate of drug-likeness (QED) is 0.500. The molecule has 0 radical (unpaired) electrons. The Morgan fingerprint density at radius 1 is 1.14 bits per heavy atom. The van der Waals surface area contributed by atoms with Gasteiger partial charge in [-0.3, -0.25) is 19.4 Å². The number of nitrogens with one attached hydrogen (secondary N) is 2. The number of aromatic nitrogens is 3. The van der Waals surface area contributed by atoms with Gasteiger partial charge in [0.1, 0.15) is 17.0 Å². The Labute approximate surface area is 208 Å². The maximum atomic E-state index is 13.7. The van der Waals surface area contributed by atoms with Gasteiger partial charge in [0.15, 0.2) is 5.69 Å². The Balaban J connectivity index is 1.37. The number of amides is 3. The third-order valence-corrected chi connectivity index (χ3v) is 6.69. The lowest BCUT2D eigenvalue weighted by atomic mass is 9.93. The molecule has 186 valence electrons. The molecule has 36 heavy (non-hydrogen) atoms. The Hall–Kier alpha value is -4.21. The lowest BCUT2D eigenvalue weighted by molar-refractivity contribution is -0.133. The zero-order valence-corrected chi connectivity index (χ0v) is 20.2. The van der Waals surface area contributed by atoms with Crippen LogP contribution in [0.2, 0.25) is 0 Å². The molecule has 1 atom stereocenters. The second kappa shape index (κ2) is 9.44. The molecule has 10 heteroatoms. The summed E-state index contributed by atoms with van der Waals surface area (Å²) < 4.78 is 7.00. The van der Waals surface area contributed by atoms with E-state index in [1.54, 1.807) is 42.0 Å². The van der Waals surface area contributed by atoms with Gasteiger partial charge in [0.25, 0.3) is 11.8 Å². The highest BCUT2D eigenvalue weighted by Gasteiger charge is 2.53. The van der Waals surface area contributed by atoms with Crippen molar-refractivity contribution < 1.29 is 19.1 Å². The fourth-order valence-corrected chi connectivity index (χ4v) is 4.71. The fraction of sp³-hybridized carbons (Fsp3) is 0.346. The van der Waals surface area contributed by atoms with E-state index in [4.69, 9.17) is 4.74 Å². The lowest BCUT2D eigenvalue weighted by Crippen LogP contribution is -2.64. The van der Waals surface area contributed by atoms with Crippen LogP contribution < -0.4 is 15.4 Å². The molecule has 1 aliphatic heterocycles. The van der Waals surface area contributed by atoms with Crippen LogP contribution in [0.4, 0.5) is 0 Å². The fourth-order valence-electron chi connectivity index (χ4n) is 4.71. The summed E-state index contributed by atoms with van der Waals surface area (Å²) in [4.78, 5) is 50.1. The number of hydrogen-bond acceptors (Lipinski definition) is 6. The second-order valence-electron chi connectivity index (χ2n) is 9.29. The molecule has 10 nitrogen and oxygen atoms in total. The third-order valence-electron chi connectivity index (χ3n) is 6.69. The first kappa shape index (κ1) is 23.5. The van der Waals surface area contributed by atoms with E-state index >= 15 is 0 Å². The van der Waals surface area contributed by atoms with E-state index in [0.717, 1.165) is 24.0 Å². The number of carbonyl (C=O) groups excluding carboxylic acids is 3. The summed E-state index contributed by atoms with van der Waals surface area (Å²) in [5, 5.41) is 5.79. The van der Waals surface area contributed by atoms with Crippen molar-refractivity contribution in [2.75, 3.05) is 7.11 Å². The molecule has 3 heterocycles. The molecule has 5 rings (SSSR count). The monoisotopic (exact) mass is 488 g/mol. The molecule has 0 spiro atoms. The smallest absolute Gasteiger partial charge is 0.274 e. The first-order chi connectivity index (χ1) is 17.4. The van der Waals surface area contributed by atoms with Crippen molar-refractivity contribution in [1.82, 2.24) is 30.1 Å². The van der Waals surface area contributed by atoms with E-state index in [2.05, 4.69) is 20.6 Å². The third kappa shape index (κ3) is 4.30. The van der Waals surface area contributed by atoms with Gasteiger partial charge >= 0.3 is 0 Å². The second-order valence-corrected chi connectivity index (χ2v) is 9.29. The van der Waals surface area contributed by atoms with Crippen LogP contribution in [0.15, 0.2) is 55.1 Å². The van der Waals surface area contributed by atoms with E-state index in [0.29, 0.717) is 5.75 Å². The number of benzene rings is 1. The van der Waals surface area contributed by atoms with Gasteiger partial charge in [-0.25, -0.2) is 4.98 Å². The van der Waals surface area contributed by atoms with Gasteiger partial charge < -0.3 is 24.8 Å². The van der Waals surface area contributed by atoms with Crippen molar-refractivity contribution in [1.29, 1.82) is 0 Å². The van der Waals surface area contributed by atoms with Crippen LogP contribution in [-0.4, -0.2) is 55.8 Å². The minimum atomic E-state index is -1.13. The molecule has 2 aliphatic rings. The molecule has 0 saturated heterocycles. The van der Waals surface area contributed by atoms with Crippen LogP contribution in [0.25, 0.3) is 0 Å². The average molecular weight is 489 g/mol. The molecule has 0 unspecified atom stereocenters. The first-order valence-electron chi connectivity index (χ1n) is 11.9. The molecule has 1 saturated carbocycles. The number of ether oxygens (including phenoxy) is 1. The van der Waals surface area contributed by atoms with Gasteiger partial charge in [0.2, 0.25) is 5.91 Å². The number of para-hydroxylation sites is 1. The minimum Gasteiger partial charge on any atom is -0.496 e.